The number of nitrogens with zero attached hydrogens (tertiary/aromatic N) is 3. The van der Waals surface area contributed by atoms with E-state index in [0.29, 0.717) is 25.7 Å². The van der Waals surface area contributed by atoms with E-state index in [9.17, 15) is 5.11 Å². The molecule has 1 aromatic heterocycles. The fourth-order valence-corrected chi connectivity index (χ4v) is 2.55. The molecule has 1 unspecified atom stereocenters. The first-order valence-corrected chi connectivity index (χ1v) is 7.62. The summed E-state index contributed by atoms with van der Waals surface area (Å²) >= 11 is 0. The Labute approximate surface area is 127 Å². The quantitative estimate of drug-likeness (QED) is 0.911. The van der Waals surface area contributed by atoms with Gasteiger partial charge in [-0.3, -0.25) is 4.98 Å². The van der Waals surface area contributed by atoms with Gasteiger partial charge in [0.2, 0.25) is 0 Å². The van der Waals surface area contributed by atoms with Crippen molar-refractivity contribution in [3.63, 3.8) is 0 Å². The lowest BCUT2D eigenvalue weighted by Gasteiger charge is -2.27. The van der Waals surface area contributed by atoms with Gasteiger partial charge in [-0.05, 0) is 32.1 Å². The number of aliphatic hydroxyl groups excluding tert-OH is 1. The summed E-state index contributed by atoms with van der Waals surface area (Å²) in [7, 11) is 4.10. The Morgan fingerprint density at radius 3 is 2.86 bits per heavy atom. The minimum absolute atomic E-state index is 0.414. The van der Waals surface area contributed by atoms with Crippen molar-refractivity contribution < 1.29 is 9.84 Å². The molecule has 5 heteroatoms. The van der Waals surface area contributed by atoms with Crippen LogP contribution in [-0.2, 0) is 11.3 Å². The lowest BCUT2D eigenvalue weighted by molar-refractivity contribution is 0.0597. The van der Waals surface area contributed by atoms with Gasteiger partial charge in [0.15, 0.2) is 0 Å². The van der Waals surface area contributed by atoms with E-state index in [0.717, 1.165) is 30.2 Å². The molecule has 1 saturated heterocycles. The first kappa shape index (κ1) is 16.2. The Morgan fingerprint density at radius 1 is 1.43 bits per heavy atom. The van der Waals surface area contributed by atoms with Gasteiger partial charge in [0.1, 0.15) is 0 Å². The van der Waals surface area contributed by atoms with Crippen LogP contribution in [0.2, 0.25) is 0 Å². The number of β-amino-alcohol motifs (C(OH)–C–C–N with tert-alkyl or cyclic N) is 1. The zero-order valence-corrected chi connectivity index (χ0v) is 13.5. The number of pyridine rings is 1. The maximum absolute atomic E-state index is 9.94. The third kappa shape index (κ3) is 4.40. The van der Waals surface area contributed by atoms with E-state index in [4.69, 9.17) is 9.72 Å². The van der Waals surface area contributed by atoms with Crippen LogP contribution in [0.25, 0.3) is 0 Å². The van der Waals surface area contributed by atoms with Gasteiger partial charge in [0, 0.05) is 25.3 Å². The predicted molar refractivity (Wildman–Crippen MR) is 84.8 cm³/mol. The van der Waals surface area contributed by atoms with Crippen molar-refractivity contribution >= 4 is 5.69 Å². The topological polar surface area (TPSA) is 48.8 Å². The maximum Gasteiger partial charge on any atom is 0.0948 e. The lowest BCUT2D eigenvalue weighted by atomic mass is 10.1. The molecule has 5 nitrogen and oxygen atoms in total. The van der Waals surface area contributed by atoms with Crippen LogP contribution in [0.1, 0.15) is 31.2 Å². The second kappa shape index (κ2) is 7.20. The standard InChI is InChI=1S/C16H27N3O2/c1-12(2)14-5-6-16(15(17-14)10-18(3)4)19-7-8-21-11-13(20)9-19/h5-6,12-13,20H,7-11H2,1-4H3. The number of hydrogen-bond donors (Lipinski definition) is 1. The Balaban J connectivity index is 2.31. The number of aliphatic hydroxyl groups is 1. The van der Waals surface area contributed by atoms with Gasteiger partial charge in [-0.15, -0.1) is 0 Å². The van der Waals surface area contributed by atoms with Crippen LogP contribution in [0.4, 0.5) is 5.69 Å². The van der Waals surface area contributed by atoms with Crippen molar-refractivity contribution in [2.75, 3.05) is 45.3 Å². The number of rotatable bonds is 4. The summed E-state index contributed by atoms with van der Waals surface area (Å²) in [6, 6.07) is 4.23. The third-order valence-electron chi connectivity index (χ3n) is 3.62. The highest BCUT2D eigenvalue weighted by atomic mass is 16.5. The van der Waals surface area contributed by atoms with Crippen LogP contribution < -0.4 is 4.90 Å². The molecular weight excluding hydrogens is 266 g/mol. The average molecular weight is 293 g/mol. The summed E-state index contributed by atoms with van der Waals surface area (Å²) < 4.78 is 5.42. The largest absolute Gasteiger partial charge is 0.389 e. The normalized spacial score (nSPS) is 20.1. The second-order valence-corrected chi connectivity index (χ2v) is 6.27. The Kier molecular flexibility index (Phi) is 5.56. The molecule has 0 radical (unpaired) electrons. The van der Waals surface area contributed by atoms with Gasteiger partial charge in [0.25, 0.3) is 0 Å². The zero-order chi connectivity index (χ0) is 15.4. The van der Waals surface area contributed by atoms with Crippen molar-refractivity contribution in [2.24, 2.45) is 0 Å². The van der Waals surface area contributed by atoms with Gasteiger partial charge < -0.3 is 19.6 Å². The van der Waals surface area contributed by atoms with Crippen molar-refractivity contribution in [1.29, 1.82) is 0 Å². The van der Waals surface area contributed by atoms with Crippen LogP contribution in [0.5, 0.6) is 0 Å². The van der Waals surface area contributed by atoms with Crippen LogP contribution in [0.15, 0.2) is 12.1 Å². The smallest absolute Gasteiger partial charge is 0.0948 e. The molecule has 1 aliphatic rings. The summed E-state index contributed by atoms with van der Waals surface area (Å²) in [5.74, 6) is 0.415. The summed E-state index contributed by atoms with van der Waals surface area (Å²) in [5, 5.41) is 9.94. The Morgan fingerprint density at radius 2 is 2.19 bits per heavy atom. The van der Waals surface area contributed by atoms with E-state index >= 15 is 0 Å². The van der Waals surface area contributed by atoms with E-state index in [2.05, 4.69) is 35.8 Å². The third-order valence-corrected chi connectivity index (χ3v) is 3.62. The molecule has 1 aliphatic heterocycles. The molecule has 2 heterocycles. The number of ether oxygens (including phenoxy) is 1. The van der Waals surface area contributed by atoms with Crippen molar-refractivity contribution in [3.05, 3.63) is 23.5 Å². The number of anilines is 1. The monoisotopic (exact) mass is 293 g/mol. The molecule has 118 valence electrons. The van der Waals surface area contributed by atoms with E-state index < -0.39 is 6.10 Å². The maximum atomic E-state index is 9.94. The molecule has 0 saturated carbocycles. The number of aromatic nitrogens is 1. The number of hydrogen-bond acceptors (Lipinski definition) is 5. The minimum Gasteiger partial charge on any atom is -0.389 e. The highest BCUT2D eigenvalue weighted by Gasteiger charge is 2.20. The zero-order valence-electron chi connectivity index (χ0n) is 13.5. The van der Waals surface area contributed by atoms with Gasteiger partial charge >= 0.3 is 0 Å². The summed E-state index contributed by atoms with van der Waals surface area (Å²) in [6.45, 7) is 7.56. The van der Waals surface area contributed by atoms with Crippen LogP contribution in [0.3, 0.4) is 0 Å². The van der Waals surface area contributed by atoms with Crippen LogP contribution >= 0.6 is 0 Å². The minimum atomic E-state index is -0.440. The van der Waals surface area contributed by atoms with Gasteiger partial charge in [-0.2, -0.15) is 0 Å². The van der Waals surface area contributed by atoms with Crippen molar-refractivity contribution in [1.82, 2.24) is 9.88 Å². The lowest BCUT2D eigenvalue weighted by Crippen LogP contribution is -2.34. The van der Waals surface area contributed by atoms with Crippen molar-refractivity contribution in [3.8, 4) is 0 Å². The van der Waals surface area contributed by atoms with E-state index in [1.807, 2.05) is 14.1 Å². The van der Waals surface area contributed by atoms with Gasteiger partial charge in [-0.25, -0.2) is 0 Å². The van der Waals surface area contributed by atoms with E-state index in [-0.39, 0.29) is 0 Å². The summed E-state index contributed by atoms with van der Waals surface area (Å²) in [6.07, 6.45) is -0.440. The molecule has 0 bridgehead atoms. The summed E-state index contributed by atoms with van der Waals surface area (Å²) in [4.78, 5) is 9.15. The molecule has 0 spiro atoms. The molecule has 21 heavy (non-hydrogen) atoms. The molecule has 1 N–H and O–H groups in total. The highest BCUT2D eigenvalue weighted by molar-refractivity contribution is 5.52. The SMILES string of the molecule is CC(C)c1ccc(N2CCOCC(O)C2)c(CN(C)C)n1. The molecule has 1 fully saturated rings. The van der Waals surface area contributed by atoms with E-state index in [1.165, 1.54) is 0 Å². The molecule has 2 rings (SSSR count). The van der Waals surface area contributed by atoms with E-state index in [1.54, 1.807) is 0 Å². The highest BCUT2D eigenvalue weighted by Crippen LogP contribution is 2.24. The predicted octanol–water partition coefficient (Wildman–Crippen LogP) is 1.46. The molecule has 0 amide bonds. The molecule has 1 aromatic rings. The second-order valence-electron chi connectivity index (χ2n) is 6.27. The Hall–Kier alpha value is -1.17. The fraction of sp³-hybridized carbons (Fsp3) is 0.688. The van der Waals surface area contributed by atoms with Crippen LogP contribution in [-0.4, -0.2) is 61.5 Å². The average Bonchev–Trinajstić information content (AvgIpc) is 2.62. The van der Waals surface area contributed by atoms with Gasteiger partial charge in [-0.1, -0.05) is 13.8 Å². The molecule has 0 aromatic carbocycles. The Bertz CT molecular complexity index is 463. The first-order chi connectivity index (χ1) is 9.97. The van der Waals surface area contributed by atoms with Gasteiger partial charge in [0.05, 0.1) is 30.7 Å². The molecular formula is C16H27N3O2. The van der Waals surface area contributed by atoms with Crippen LogP contribution in [0, 0.1) is 0 Å². The fourth-order valence-electron chi connectivity index (χ4n) is 2.55. The van der Waals surface area contributed by atoms with Crippen molar-refractivity contribution in [2.45, 2.75) is 32.4 Å². The molecule has 0 aliphatic carbocycles. The molecule has 1 atom stereocenters. The summed E-state index contributed by atoms with van der Waals surface area (Å²) in [5.41, 5.74) is 3.29. The first-order valence-electron chi connectivity index (χ1n) is 7.62.